The predicted octanol–water partition coefficient (Wildman–Crippen LogP) is 12.9. The van der Waals surface area contributed by atoms with E-state index in [1.54, 1.807) is 0 Å². The second-order valence-corrected chi connectivity index (χ2v) is 12.9. The zero-order chi connectivity index (χ0) is 33.0. The topological polar surface area (TPSA) is 9.86 Å². The molecule has 2 heteroatoms. The molecule has 2 heterocycles. The molecule has 0 fully saturated rings. The summed E-state index contributed by atoms with van der Waals surface area (Å²) in [5, 5.41) is 4.99. The summed E-state index contributed by atoms with van der Waals surface area (Å²) in [4.78, 5) is 0. The van der Waals surface area contributed by atoms with Crippen LogP contribution in [0.2, 0.25) is 0 Å². The normalized spacial score (nSPS) is 11.6. The minimum atomic E-state index is 1.16. The van der Waals surface area contributed by atoms with Gasteiger partial charge in [-0.3, -0.25) is 0 Å². The molecule has 0 aliphatic rings. The second-order valence-electron chi connectivity index (χ2n) is 12.9. The summed E-state index contributed by atoms with van der Waals surface area (Å²) in [5.74, 6) is 0. The summed E-state index contributed by atoms with van der Waals surface area (Å²) in [6, 6.07) is 70.4. The highest BCUT2D eigenvalue weighted by Crippen LogP contribution is 2.44. The van der Waals surface area contributed by atoms with Crippen LogP contribution >= 0.6 is 0 Å². The van der Waals surface area contributed by atoms with Crippen LogP contribution in [0.5, 0.6) is 0 Å². The van der Waals surface area contributed by atoms with Gasteiger partial charge in [-0.05, 0) is 64.7 Å². The first-order valence-electron chi connectivity index (χ1n) is 17.2. The lowest BCUT2D eigenvalue weighted by Gasteiger charge is -2.19. The monoisotopic (exact) mass is 636 g/mol. The van der Waals surface area contributed by atoms with Gasteiger partial charge in [0.15, 0.2) is 0 Å². The van der Waals surface area contributed by atoms with Crippen molar-refractivity contribution in [1.29, 1.82) is 0 Å². The molecule has 234 valence electrons. The minimum Gasteiger partial charge on any atom is -0.309 e. The van der Waals surface area contributed by atoms with Gasteiger partial charge >= 0.3 is 0 Å². The third kappa shape index (κ3) is 4.36. The SMILES string of the molecule is c1ccc(-c2cccc(-n3c4ccccc4c4cccc(-c5ccc6c(c5)c5ccccc5n6-c5ccccc5)c43)c2-c2ccccc2)cc1. The zero-order valence-corrected chi connectivity index (χ0v) is 27.4. The Balaban J connectivity index is 1.30. The van der Waals surface area contributed by atoms with E-state index in [0.29, 0.717) is 0 Å². The van der Waals surface area contributed by atoms with Crippen LogP contribution in [0, 0.1) is 0 Å². The highest BCUT2D eigenvalue weighted by atomic mass is 15.0. The Morgan fingerprint density at radius 2 is 0.840 bits per heavy atom. The Kier molecular flexibility index (Phi) is 6.53. The van der Waals surface area contributed by atoms with Crippen LogP contribution in [0.1, 0.15) is 0 Å². The Hall–Kier alpha value is -6.64. The van der Waals surface area contributed by atoms with Gasteiger partial charge in [0.05, 0.1) is 27.8 Å². The molecule has 50 heavy (non-hydrogen) atoms. The zero-order valence-electron chi connectivity index (χ0n) is 27.4. The molecule has 0 aliphatic heterocycles. The Bertz CT molecular complexity index is 2840. The average Bonchev–Trinajstić information content (AvgIpc) is 3.71. The van der Waals surface area contributed by atoms with Gasteiger partial charge in [0.1, 0.15) is 0 Å². The fourth-order valence-electron chi connectivity index (χ4n) is 7.99. The number of benzene rings is 8. The summed E-state index contributed by atoms with van der Waals surface area (Å²) in [6.45, 7) is 0. The summed E-state index contributed by atoms with van der Waals surface area (Å²) in [7, 11) is 0. The number of hydrogen-bond donors (Lipinski definition) is 0. The number of rotatable bonds is 5. The van der Waals surface area contributed by atoms with Crippen molar-refractivity contribution in [2.75, 3.05) is 0 Å². The summed E-state index contributed by atoms with van der Waals surface area (Å²) >= 11 is 0. The molecule has 2 nitrogen and oxygen atoms in total. The molecule has 10 aromatic rings. The lowest BCUT2D eigenvalue weighted by atomic mass is 9.92. The van der Waals surface area contributed by atoms with Gasteiger partial charge in [-0.2, -0.15) is 0 Å². The summed E-state index contributed by atoms with van der Waals surface area (Å²) < 4.78 is 4.89. The van der Waals surface area contributed by atoms with Crippen molar-refractivity contribution >= 4 is 43.6 Å². The molecular weight excluding hydrogens is 605 g/mol. The fraction of sp³-hybridized carbons (Fsp3) is 0. The van der Waals surface area contributed by atoms with Crippen LogP contribution in [0.4, 0.5) is 0 Å². The van der Waals surface area contributed by atoms with Crippen LogP contribution < -0.4 is 0 Å². The Morgan fingerprint density at radius 3 is 1.58 bits per heavy atom. The van der Waals surface area contributed by atoms with Crippen molar-refractivity contribution in [1.82, 2.24) is 9.13 Å². The number of fused-ring (bicyclic) bond motifs is 6. The molecular formula is C48H32N2. The maximum absolute atomic E-state index is 2.51. The van der Waals surface area contributed by atoms with E-state index in [9.17, 15) is 0 Å². The van der Waals surface area contributed by atoms with Gasteiger partial charge in [-0.25, -0.2) is 0 Å². The fourth-order valence-corrected chi connectivity index (χ4v) is 7.99. The molecule has 0 saturated heterocycles. The first kappa shape index (κ1) is 28.4. The average molecular weight is 637 g/mol. The smallest absolute Gasteiger partial charge is 0.0619 e. The lowest BCUT2D eigenvalue weighted by molar-refractivity contribution is 1.18. The van der Waals surface area contributed by atoms with E-state index in [1.165, 1.54) is 82.7 Å². The number of aromatic nitrogens is 2. The van der Waals surface area contributed by atoms with Gasteiger partial charge in [0, 0.05) is 38.4 Å². The van der Waals surface area contributed by atoms with Gasteiger partial charge < -0.3 is 9.13 Å². The van der Waals surface area contributed by atoms with E-state index in [0.717, 1.165) is 5.69 Å². The van der Waals surface area contributed by atoms with Gasteiger partial charge in [-0.1, -0.05) is 152 Å². The van der Waals surface area contributed by atoms with Crippen molar-refractivity contribution < 1.29 is 0 Å². The molecule has 0 bridgehead atoms. The van der Waals surface area contributed by atoms with E-state index in [-0.39, 0.29) is 0 Å². The number of hydrogen-bond acceptors (Lipinski definition) is 0. The molecule has 10 rings (SSSR count). The van der Waals surface area contributed by atoms with E-state index in [4.69, 9.17) is 0 Å². The molecule has 0 amide bonds. The van der Waals surface area contributed by atoms with Crippen molar-refractivity contribution in [3.63, 3.8) is 0 Å². The van der Waals surface area contributed by atoms with Crippen LogP contribution in [0.15, 0.2) is 194 Å². The molecule has 0 unspecified atom stereocenters. The standard InChI is InChI=1S/C48H32N2/c1-4-16-33(17-5-1)37-24-15-29-46(47(37)34-18-6-2-7-19-34)50-44-28-13-10-22-39(44)41-26-14-25-38(48(41)50)35-30-31-45-42(32-35)40-23-11-12-27-43(40)49(45)36-20-8-3-9-21-36/h1-32H. The van der Waals surface area contributed by atoms with Gasteiger partial charge in [-0.15, -0.1) is 0 Å². The third-order valence-electron chi connectivity index (χ3n) is 10.1. The molecule has 0 radical (unpaired) electrons. The maximum atomic E-state index is 2.51. The maximum Gasteiger partial charge on any atom is 0.0619 e. The van der Waals surface area contributed by atoms with Crippen LogP contribution in [0.25, 0.3) is 88.4 Å². The molecule has 0 spiro atoms. The van der Waals surface area contributed by atoms with Gasteiger partial charge in [0.2, 0.25) is 0 Å². The highest BCUT2D eigenvalue weighted by Gasteiger charge is 2.21. The molecule has 2 aromatic heterocycles. The molecule has 0 atom stereocenters. The van der Waals surface area contributed by atoms with E-state index in [2.05, 4.69) is 203 Å². The van der Waals surface area contributed by atoms with Gasteiger partial charge in [0.25, 0.3) is 0 Å². The van der Waals surface area contributed by atoms with E-state index < -0.39 is 0 Å². The first-order valence-corrected chi connectivity index (χ1v) is 17.2. The minimum absolute atomic E-state index is 1.16. The lowest BCUT2D eigenvalue weighted by Crippen LogP contribution is -2.00. The predicted molar refractivity (Wildman–Crippen MR) is 211 cm³/mol. The largest absolute Gasteiger partial charge is 0.309 e. The third-order valence-corrected chi connectivity index (χ3v) is 10.1. The highest BCUT2D eigenvalue weighted by molar-refractivity contribution is 6.16. The summed E-state index contributed by atoms with van der Waals surface area (Å²) in [6.07, 6.45) is 0. The van der Waals surface area contributed by atoms with Crippen LogP contribution in [-0.4, -0.2) is 9.13 Å². The van der Waals surface area contributed by atoms with Crippen molar-refractivity contribution in [3.8, 4) is 44.8 Å². The molecule has 0 saturated carbocycles. The summed E-state index contributed by atoms with van der Waals surface area (Å²) in [5.41, 5.74) is 14.4. The number of nitrogens with zero attached hydrogens (tertiary/aromatic N) is 2. The van der Waals surface area contributed by atoms with Crippen molar-refractivity contribution in [2.45, 2.75) is 0 Å². The van der Waals surface area contributed by atoms with E-state index >= 15 is 0 Å². The quantitative estimate of drug-likeness (QED) is 0.178. The molecule has 8 aromatic carbocycles. The second kappa shape index (κ2) is 11.5. The Labute approximate surface area is 290 Å². The van der Waals surface area contributed by atoms with Crippen molar-refractivity contribution in [3.05, 3.63) is 194 Å². The molecule has 0 aliphatic carbocycles. The van der Waals surface area contributed by atoms with Crippen LogP contribution in [-0.2, 0) is 0 Å². The Morgan fingerprint density at radius 1 is 0.300 bits per heavy atom. The van der Waals surface area contributed by atoms with Crippen molar-refractivity contribution in [2.24, 2.45) is 0 Å². The van der Waals surface area contributed by atoms with E-state index in [1.807, 2.05) is 0 Å². The molecule has 0 N–H and O–H groups in total. The number of para-hydroxylation sites is 4. The van der Waals surface area contributed by atoms with Crippen LogP contribution in [0.3, 0.4) is 0 Å². The first-order chi connectivity index (χ1) is 24.8.